The van der Waals surface area contributed by atoms with Gasteiger partial charge >= 0.3 is 0 Å². The zero-order valence-corrected chi connectivity index (χ0v) is 13.5. The van der Waals surface area contributed by atoms with Crippen molar-refractivity contribution in [3.05, 3.63) is 35.4 Å². The highest BCUT2D eigenvalue weighted by Gasteiger charge is 2.23. The number of nitrogens with one attached hydrogen (secondary N) is 1. The summed E-state index contributed by atoms with van der Waals surface area (Å²) in [5.74, 6) is 0. The maximum atomic E-state index is 9.42. The Morgan fingerprint density at radius 2 is 2.05 bits per heavy atom. The molecule has 1 saturated heterocycles. The van der Waals surface area contributed by atoms with E-state index >= 15 is 0 Å². The molecule has 0 radical (unpaired) electrons. The van der Waals surface area contributed by atoms with Crippen LogP contribution >= 0.6 is 0 Å². The van der Waals surface area contributed by atoms with Gasteiger partial charge in [-0.25, -0.2) is 0 Å². The lowest BCUT2D eigenvalue weighted by Crippen LogP contribution is -2.41. The highest BCUT2D eigenvalue weighted by atomic mass is 16.3. The molecule has 0 saturated carbocycles. The second kappa shape index (κ2) is 8.52. The Bertz CT molecular complexity index is 398. The first-order chi connectivity index (χ1) is 10.3. The number of aliphatic hydroxyl groups excluding tert-OH is 1. The van der Waals surface area contributed by atoms with Gasteiger partial charge in [-0.05, 0) is 43.4 Å². The van der Waals surface area contributed by atoms with E-state index in [0.29, 0.717) is 12.1 Å². The van der Waals surface area contributed by atoms with E-state index in [4.69, 9.17) is 0 Å². The van der Waals surface area contributed by atoms with Crippen LogP contribution in [0.5, 0.6) is 0 Å². The molecule has 1 aliphatic heterocycles. The molecule has 0 amide bonds. The monoisotopic (exact) mass is 290 g/mol. The molecule has 0 spiro atoms. The summed E-state index contributed by atoms with van der Waals surface area (Å²) >= 11 is 0. The van der Waals surface area contributed by atoms with E-state index in [0.717, 1.165) is 32.5 Å². The van der Waals surface area contributed by atoms with Gasteiger partial charge < -0.3 is 10.4 Å². The first kappa shape index (κ1) is 16.5. The van der Waals surface area contributed by atoms with Crippen LogP contribution in [-0.4, -0.2) is 42.3 Å². The van der Waals surface area contributed by atoms with Crippen LogP contribution in [0.3, 0.4) is 0 Å². The number of hydrogen-bond donors (Lipinski definition) is 2. The van der Waals surface area contributed by atoms with Gasteiger partial charge in [0.15, 0.2) is 0 Å². The lowest BCUT2D eigenvalue weighted by molar-refractivity contribution is 0.136. The Balaban J connectivity index is 2.08. The third-order valence-corrected chi connectivity index (χ3v) is 4.60. The summed E-state index contributed by atoms with van der Waals surface area (Å²) in [4.78, 5) is 2.45. The summed E-state index contributed by atoms with van der Waals surface area (Å²) < 4.78 is 0. The largest absolute Gasteiger partial charge is 0.395 e. The SMILES string of the molecule is CCc1ccc(C(CC)N(CCO)CC2CCCN2)cc1. The van der Waals surface area contributed by atoms with Crippen molar-refractivity contribution in [1.82, 2.24) is 10.2 Å². The van der Waals surface area contributed by atoms with Gasteiger partial charge in [0.25, 0.3) is 0 Å². The highest BCUT2D eigenvalue weighted by Crippen LogP contribution is 2.25. The lowest BCUT2D eigenvalue weighted by Gasteiger charge is -2.33. The summed E-state index contributed by atoms with van der Waals surface area (Å²) in [6.45, 7) is 7.59. The maximum Gasteiger partial charge on any atom is 0.0558 e. The topological polar surface area (TPSA) is 35.5 Å². The van der Waals surface area contributed by atoms with Crippen molar-refractivity contribution in [2.45, 2.75) is 51.6 Å². The predicted molar refractivity (Wildman–Crippen MR) is 88.5 cm³/mol. The molecule has 3 heteroatoms. The van der Waals surface area contributed by atoms with Crippen LogP contribution in [0.1, 0.15) is 50.3 Å². The Morgan fingerprint density at radius 3 is 2.57 bits per heavy atom. The first-order valence-electron chi connectivity index (χ1n) is 8.45. The fraction of sp³-hybridized carbons (Fsp3) is 0.667. The number of aliphatic hydroxyl groups is 1. The van der Waals surface area contributed by atoms with Gasteiger partial charge in [0.2, 0.25) is 0 Å². The average Bonchev–Trinajstić information content (AvgIpc) is 3.02. The van der Waals surface area contributed by atoms with Gasteiger partial charge in [-0.1, -0.05) is 38.1 Å². The molecule has 118 valence electrons. The molecule has 1 heterocycles. The van der Waals surface area contributed by atoms with E-state index in [1.807, 2.05) is 0 Å². The molecule has 2 rings (SSSR count). The molecule has 1 aromatic rings. The molecular weight excluding hydrogens is 260 g/mol. The smallest absolute Gasteiger partial charge is 0.0558 e. The molecule has 2 atom stereocenters. The third kappa shape index (κ3) is 4.53. The summed E-state index contributed by atoms with van der Waals surface area (Å²) in [7, 11) is 0. The fourth-order valence-electron chi connectivity index (χ4n) is 3.38. The predicted octanol–water partition coefficient (Wildman–Crippen LogP) is 2.75. The maximum absolute atomic E-state index is 9.42. The Kier molecular flexibility index (Phi) is 6.68. The molecular formula is C18H30N2O. The number of nitrogens with zero attached hydrogens (tertiary/aromatic N) is 1. The normalized spacial score (nSPS) is 20.1. The van der Waals surface area contributed by atoms with Crippen molar-refractivity contribution >= 4 is 0 Å². The second-order valence-corrected chi connectivity index (χ2v) is 6.03. The van der Waals surface area contributed by atoms with Crippen molar-refractivity contribution in [2.24, 2.45) is 0 Å². The molecule has 21 heavy (non-hydrogen) atoms. The van der Waals surface area contributed by atoms with E-state index in [2.05, 4.69) is 48.3 Å². The molecule has 0 aromatic heterocycles. The van der Waals surface area contributed by atoms with Crippen LogP contribution in [-0.2, 0) is 6.42 Å². The molecule has 2 N–H and O–H groups in total. The zero-order chi connectivity index (χ0) is 15.1. The summed E-state index contributed by atoms with van der Waals surface area (Å²) in [6, 6.07) is 10.00. The van der Waals surface area contributed by atoms with Crippen molar-refractivity contribution in [3.8, 4) is 0 Å². The second-order valence-electron chi connectivity index (χ2n) is 6.03. The van der Waals surface area contributed by atoms with E-state index in [1.54, 1.807) is 0 Å². The van der Waals surface area contributed by atoms with E-state index in [9.17, 15) is 5.11 Å². The van der Waals surface area contributed by atoms with Crippen LogP contribution in [0, 0.1) is 0 Å². The van der Waals surface area contributed by atoms with Gasteiger partial charge in [-0.2, -0.15) is 0 Å². The zero-order valence-electron chi connectivity index (χ0n) is 13.5. The molecule has 0 aliphatic carbocycles. The number of benzene rings is 1. The van der Waals surface area contributed by atoms with Crippen LogP contribution in [0.15, 0.2) is 24.3 Å². The Morgan fingerprint density at radius 1 is 1.29 bits per heavy atom. The molecule has 2 unspecified atom stereocenters. The van der Waals surface area contributed by atoms with E-state index in [1.165, 1.54) is 24.0 Å². The van der Waals surface area contributed by atoms with Gasteiger partial charge in [-0.15, -0.1) is 0 Å². The summed E-state index contributed by atoms with van der Waals surface area (Å²) in [5.41, 5.74) is 2.76. The number of rotatable bonds is 8. The molecule has 3 nitrogen and oxygen atoms in total. The first-order valence-corrected chi connectivity index (χ1v) is 8.45. The third-order valence-electron chi connectivity index (χ3n) is 4.60. The van der Waals surface area contributed by atoms with Crippen LogP contribution < -0.4 is 5.32 Å². The minimum atomic E-state index is 0.232. The van der Waals surface area contributed by atoms with Crippen molar-refractivity contribution in [2.75, 3.05) is 26.2 Å². The lowest BCUT2D eigenvalue weighted by atomic mass is 9.99. The quantitative estimate of drug-likeness (QED) is 0.773. The molecule has 1 fully saturated rings. The molecule has 1 aromatic carbocycles. The molecule has 0 bridgehead atoms. The van der Waals surface area contributed by atoms with Crippen molar-refractivity contribution < 1.29 is 5.11 Å². The van der Waals surface area contributed by atoms with Crippen molar-refractivity contribution in [3.63, 3.8) is 0 Å². The van der Waals surface area contributed by atoms with Crippen LogP contribution in [0.25, 0.3) is 0 Å². The Labute approximate surface area is 129 Å². The summed E-state index contributed by atoms with van der Waals surface area (Å²) in [6.07, 6.45) is 4.70. The standard InChI is InChI=1S/C18H30N2O/c1-3-15-7-9-16(10-8-15)18(4-2)20(12-13-21)14-17-6-5-11-19-17/h7-10,17-19,21H,3-6,11-14H2,1-2H3. The average molecular weight is 290 g/mol. The minimum Gasteiger partial charge on any atom is -0.395 e. The number of hydrogen-bond acceptors (Lipinski definition) is 3. The summed E-state index contributed by atoms with van der Waals surface area (Å²) in [5, 5.41) is 13.0. The van der Waals surface area contributed by atoms with Gasteiger partial charge in [-0.3, -0.25) is 4.90 Å². The van der Waals surface area contributed by atoms with Gasteiger partial charge in [0.1, 0.15) is 0 Å². The fourth-order valence-corrected chi connectivity index (χ4v) is 3.38. The minimum absolute atomic E-state index is 0.232. The van der Waals surface area contributed by atoms with E-state index in [-0.39, 0.29) is 6.61 Å². The highest BCUT2D eigenvalue weighted by molar-refractivity contribution is 5.25. The van der Waals surface area contributed by atoms with Crippen LogP contribution in [0.4, 0.5) is 0 Å². The van der Waals surface area contributed by atoms with Gasteiger partial charge in [0, 0.05) is 25.2 Å². The Hall–Kier alpha value is -0.900. The number of aryl methyl sites for hydroxylation is 1. The van der Waals surface area contributed by atoms with Crippen molar-refractivity contribution in [1.29, 1.82) is 0 Å². The van der Waals surface area contributed by atoms with Crippen LogP contribution in [0.2, 0.25) is 0 Å². The molecule has 1 aliphatic rings. The van der Waals surface area contributed by atoms with E-state index < -0.39 is 0 Å². The van der Waals surface area contributed by atoms with Gasteiger partial charge in [0.05, 0.1) is 6.61 Å².